The van der Waals surface area contributed by atoms with E-state index < -0.39 is 23.8 Å². The fourth-order valence-electron chi connectivity index (χ4n) is 2.31. The summed E-state index contributed by atoms with van der Waals surface area (Å²) in [5, 5.41) is 0. The summed E-state index contributed by atoms with van der Waals surface area (Å²) in [5.74, 6) is -0.665. The maximum Gasteiger partial charge on any atom is 0.329 e. The lowest BCUT2D eigenvalue weighted by Crippen LogP contribution is -2.37. The number of hydrogen-bond donors (Lipinski definition) is 2. The van der Waals surface area contributed by atoms with Crippen molar-refractivity contribution in [2.45, 2.75) is 6.54 Å². The van der Waals surface area contributed by atoms with Crippen molar-refractivity contribution in [2.24, 2.45) is 0 Å². The Morgan fingerprint density at radius 2 is 1.91 bits per heavy atom. The molecule has 0 unspecified atom stereocenters. The van der Waals surface area contributed by atoms with Gasteiger partial charge in [-0.2, -0.15) is 0 Å². The van der Waals surface area contributed by atoms with Crippen molar-refractivity contribution < 1.29 is 9.53 Å². The van der Waals surface area contributed by atoms with Crippen LogP contribution in [0.5, 0.6) is 0 Å². The van der Waals surface area contributed by atoms with E-state index in [2.05, 4.69) is 14.7 Å². The van der Waals surface area contributed by atoms with Gasteiger partial charge >= 0.3 is 11.7 Å². The van der Waals surface area contributed by atoms with E-state index in [-0.39, 0.29) is 5.52 Å². The van der Waals surface area contributed by atoms with Gasteiger partial charge in [0, 0.05) is 11.8 Å². The fraction of sp³-hybridized carbons (Fsp3) is 0.133. The highest BCUT2D eigenvalue weighted by Crippen LogP contribution is 2.24. The Kier molecular flexibility index (Phi) is 3.38. The molecule has 0 fully saturated rings. The van der Waals surface area contributed by atoms with Gasteiger partial charge in [0.1, 0.15) is 12.1 Å². The maximum absolute atomic E-state index is 12.3. The van der Waals surface area contributed by atoms with Crippen molar-refractivity contribution in [3.05, 3.63) is 57.4 Å². The van der Waals surface area contributed by atoms with Gasteiger partial charge < -0.3 is 14.7 Å². The second-order valence-electron chi connectivity index (χ2n) is 4.72. The molecule has 0 saturated heterocycles. The number of nitrogens with one attached hydrogen (secondary N) is 2. The van der Waals surface area contributed by atoms with Gasteiger partial charge in [-0.15, -0.1) is 0 Å². The van der Waals surface area contributed by atoms with Gasteiger partial charge in [0.15, 0.2) is 0 Å². The van der Waals surface area contributed by atoms with Crippen molar-refractivity contribution in [3.63, 3.8) is 0 Å². The van der Waals surface area contributed by atoms with Gasteiger partial charge in [-0.1, -0.05) is 30.3 Å². The summed E-state index contributed by atoms with van der Waals surface area (Å²) >= 11 is 0. The molecule has 0 saturated carbocycles. The van der Waals surface area contributed by atoms with Crippen LogP contribution in [0.3, 0.4) is 0 Å². The number of methoxy groups -OCH3 is 1. The quantitative estimate of drug-likeness (QED) is 0.701. The zero-order valence-corrected chi connectivity index (χ0v) is 11.8. The Labute approximate surface area is 124 Å². The molecule has 2 aromatic heterocycles. The minimum atomic E-state index is -0.665. The molecule has 2 N–H and O–H groups in total. The summed E-state index contributed by atoms with van der Waals surface area (Å²) in [5.41, 5.74) is 1.03. The lowest BCUT2D eigenvalue weighted by molar-refractivity contribution is -0.141. The van der Waals surface area contributed by atoms with Gasteiger partial charge in [-0.3, -0.25) is 9.59 Å². The van der Waals surface area contributed by atoms with Crippen LogP contribution < -0.4 is 11.2 Å². The Hall–Kier alpha value is -3.09. The van der Waals surface area contributed by atoms with Crippen LogP contribution >= 0.6 is 0 Å². The van der Waals surface area contributed by atoms with Gasteiger partial charge in [-0.25, -0.2) is 9.36 Å². The number of benzene rings is 1. The first-order valence-corrected chi connectivity index (χ1v) is 6.58. The molecule has 0 atom stereocenters. The number of hydrogen-bond acceptors (Lipinski definition) is 4. The average Bonchev–Trinajstić information content (AvgIpc) is 2.95. The summed E-state index contributed by atoms with van der Waals surface area (Å²) in [6.07, 6.45) is 1.65. The zero-order chi connectivity index (χ0) is 15.7. The minimum absolute atomic E-state index is 0.238. The first kappa shape index (κ1) is 13.9. The highest BCUT2D eigenvalue weighted by Gasteiger charge is 2.15. The number of esters is 1. The molecule has 7 heteroatoms. The molecule has 0 aliphatic heterocycles. The van der Waals surface area contributed by atoms with Crippen LogP contribution in [0.25, 0.3) is 22.2 Å². The van der Waals surface area contributed by atoms with Crippen LogP contribution in [0.2, 0.25) is 0 Å². The van der Waals surface area contributed by atoms with Gasteiger partial charge in [0.2, 0.25) is 0 Å². The van der Waals surface area contributed by atoms with E-state index in [1.807, 2.05) is 30.3 Å². The van der Waals surface area contributed by atoms with Crippen molar-refractivity contribution in [1.29, 1.82) is 0 Å². The van der Waals surface area contributed by atoms with E-state index in [0.717, 1.165) is 15.7 Å². The number of aromatic amines is 2. The van der Waals surface area contributed by atoms with Crippen molar-refractivity contribution >= 4 is 17.0 Å². The van der Waals surface area contributed by atoms with Crippen molar-refractivity contribution in [3.8, 4) is 11.1 Å². The Bertz CT molecular complexity index is 950. The molecule has 0 radical (unpaired) electrons. The Morgan fingerprint density at radius 3 is 2.59 bits per heavy atom. The van der Waals surface area contributed by atoms with E-state index >= 15 is 0 Å². The number of aromatic nitrogens is 3. The summed E-state index contributed by atoms with van der Waals surface area (Å²) in [7, 11) is 1.20. The minimum Gasteiger partial charge on any atom is -0.468 e. The summed E-state index contributed by atoms with van der Waals surface area (Å²) in [4.78, 5) is 41.2. The van der Waals surface area contributed by atoms with E-state index in [1.165, 1.54) is 7.11 Å². The third-order valence-corrected chi connectivity index (χ3v) is 3.42. The van der Waals surface area contributed by atoms with E-state index in [9.17, 15) is 14.4 Å². The molecule has 2 heterocycles. The zero-order valence-electron chi connectivity index (χ0n) is 11.8. The second kappa shape index (κ2) is 5.36. The van der Waals surface area contributed by atoms with E-state index in [4.69, 9.17) is 0 Å². The lowest BCUT2D eigenvalue weighted by Gasteiger charge is -2.04. The van der Waals surface area contributed by atoms with Crippen LogP contribution in [0, 0.1) is 0 Å². The molecule has 0 amide bonds. The largest absolute Gasteiger partial charge is 0.468 e. The van der Waals surface area contributed by atoms with Crippen molar-refractivity contribution in [1.82, 2.24) is 14.5 Å². The van der Waals surface area contributed by atoms with Crippen LogP contribution in [-0.4, -0.2) is 27.6 Å². The predicted molar refractivity (Wildman–Crippen MR) is 80.6 cm³/mol. The highest BCUT2D eigenvalue weighted by molar-refractivity contribution is 5.91. The number of carbonyl (C=O) groups excluding carboxylic acids is 1. The number of ether oxygens (including phenoxy) is 1. The summed E-state index contributed by atoms with van der Waals surface area (Å²) in [6, 6.07) is 9.36. The molecule has 22 heavy (non-hydrogen) atoms. The fourth-order valence-corrected chi connectivity index (χ4v) is 2.31. The molecule has 0 aliphatic rings. The van der Waals surface area contributed by atoms with Crippen molar-refractivity contribution in [2.75, 3.05) is 7.11 Å². The summed E-state index contributed by atoms with van der Waals surface area (Å²) in [6.45, 7) is -0.430. The molecular formula is C15H13N3O4. The second-order valence-corrected chi connectivity index (χ2v) is 4.72. The predicted octanol–water partition coefficient (Wildman–Crippen LogP) is 0.858. The molecule has 1 aromatic carbocycles. The Balaban J connectivity index is 2.22. The lowest BCUT2D eigenvalue weighted by atomic mass is 10.1. The van der Waals surface area contributed by atoms with Crippen LogP contribution in [-0.2, 0) is 16.1 Å². The monoisotopic (exact) mass is 299 g/mol. The first-order chi connectivity index (χ1) is 10.6. The third-order valence-electron chi connectivity index (χ3n) is 3.42. The molecule has 0 bridgehead atoms. The van der Waals surface area contributed by atoms with E-state index in [0.29, 0.717) is 5.52 Å². The molecule has 0 aliphatic carbocycles. The number of rotatable bonds is 3. The van der Waals surface area contributed by atoms with Gasteiger partial charge in [0.25, 0.3) is 5.56 Å². The normalized spacial score (nSPS) is 10.8. The molecule has 112 valence electrons. The molecule has 3 aromatic rings. The summed E-state index contributed by atoms with van der Waals surface area (Å²) < 4.78 is 5.29. The van der Waals surface area contributed by atoms with Crippen LogP contribution in [0.1, 0.15) is 0 Å². The average molecular weight is 299 g/mol. The standard InChI is InChI=1S/C15H13N3O4/c1-22-11(19)8-18-14(20)13-12(17-15(18)21)10(7-16-13)9-5-3-2-4-6-9/h2-7,16H,8H2,1H3,(H,17,21). The Morgan fingerprint density at radius 1 is 1.18 bits per heavy atom. The van der Waals surface area contributed by atoms with Gasteiger partial charge in [-0.05, 0) is 5.56 Å². The molecule has 3 rings (SSSR count). The highest BCUT2D eigenvalue weighted by atomic mass is 16.5. The third kappa shape index (κ3) is 2.22. The number of H-pyrrole nitrogens is 2. The van der Waals surface area contributed by atoms with Crippen LogP contribution in [0.15, 0.2) is 46.1 Å². The molecule has 7 nitrogen and oxygen atoms in total. The number of carbonyl (C=O) groups is 1. The number of nitrogens with zero attached hydrogens (tertiary/aromatic N) is 1. The molecular weight excluding hydrogens is 286 g/mol. The smallest absolute Gasteiger partial charge is 0.329 e. The maximum atomic E-state index is 12.3. The SMILES string of the molecule is COC(=O)Cn1c(=O)[nH]c2c(-c3ccccc3)c[nH]c2c1=O. The van der Waals surface area contributed by atoms with Crippen LogP contribution in [0.4, 0.5) is 0 Å². The first-order valence-electron chi connectivity index (χ1n) is 6.58. The van der Waals surface area contributed by atoms with Gasteiger partial charge in [0.05, 0.1) is 12.6 Å². The molecule has 0 spiro atoms. The number of fused-ring (bicyclic) bond motifs is 1. The topological polar surface area (TPSA) is 96.9 Å². The van der Waals surface area contributed by atoms with E-state index in [1.54, 1.807) is 6.20 Å².